The molecule has 0 aliphatic rings. The zero-order valence-electron chi connectivity index (χ0n) is 9.89. The van der Waals surface area contributed by atoms with E-state index in [4.69, 9.17) is 5.26 Å². The van der Waals surface area contributed by atoms with Crippen LogP contribution < -0.4 is 5.32 Å². The summed E-state index contributed by atoms with van der Waals surface area (Å²) in [5.74, 6) is 0. The number of hydrogen-bond donors (Lipinski definition) is 1. The minimum absolute atomic E-state index is 0.217. The van der Waals surface area contributed by atoms with E-state index in [1.165, 1.54) is 0 Å². The van der Waals surface area contributed by atoms with Gasteiger partial charge in [0, 0.05) is 6.54 Å². The predicted molar refractivity (Wildman–Crippen MR) is 63.8 cm³/mol. The number of nitriles is 1. The molecule has 0 aliphatic heterocycles. The molecule has 15 heavy (non-hydrogen) atoms. The van der Waals surface area contributed by atoms with E-state index in [-0.39, 0.29) is 5.41 Å². The molecule has 80 valence electrons. The van der Waals surface area contributed by atoms with Crippen LogP contribution >= 0.6 is 0 Å². The van der Waals surface area contributed by atoms with E-state index in [1.807, 2.05) is 25.1 Å². The Hall–Kier alpha value is -1.49. The maximum Gasteiger partial charge on any atom is 0.101 e. The normalized spacial score (nSPS) is 10.9. The molecular weight excluding hydrogens is 184 g/mol. The number of nitrogens with zero attached hydrogens (tertiary/aromatic N) is 1. The van der Waals surface area contributed by atoms with Gasteiger partial charge in [-0.25, -0.2) is 0 Å². The van der Waals surface area contributed by atoms with E-state index in [9.17, 15) is 0 Å². The van der Waals surface area contributed by atoms with Crippen LogP contribution in [0.5, 0.6) is 0 Å². The molecule has 0 amide bonds. The van der Waals surface area contributed by atoms with E-state index >= 15 is 0 Å². The van der Waals surface area contributed by atoms with Gasteiger partial charge in [-0.2, -0.15) is 5.26 Å². The standard InChI is InChI=1S/C13H18N2/c1-10-6-5-7-11(8-14)12(10)15-9-13(2,3)4/h5-7,15H,9H2,1-4H3. The van der Waals surface area contributed by atoms with Crippen molar-refractivity contribution in [1.29, 1.82) is 5.26 Å². The van der Waals surface area contributed by atoms with Crippen molar-refractivity contribution < 1.29 is 0 Å². The minimum Gasteiger partial charge on any atom is -0.383 e. The van der Waals surface area contributed by atoms with Gasteiger partial charge in [0.25, 0.3) is 0 Å². The fourth-order valence-electron chi connectivity index (χ4n) is 1.35. The third kappa shape index (κ3) is 3.28. The number of para-hydroxylation sites is 1. The second-order valence-electron chi connectivity index (χ2n) is 5.02. The summed E-state index contributed by atoms with van der Waals surface area (Å²) in [5.41, 5.74) is 3.03. The summed E-state index contributed by atoms with van der Waals surface area (Å²) in [5, 5.41) is 12.3. The highest BCUT2D eigenvalue weighted by molar-refractivity contribution is 5.62. The molecular formula is C13H18N2. The molecule has 0 radical (unpaired) electrons. The van der Waals surface area contributed by atoms with Crippen LogP contribution in [0.4, 0.5) is 5.69 Å². The van der Waals surface area contributed by atoms with E-state index in [0.717, 1.165) is 23.4 Å². The number of nitrogens with one attached hydrogen (secondary N) is 1. The van der Waals surface area contributed by atoms with Gasteiger partial charge in [-0.05, 0) is 24.0 Å². The zero-order chi connectivity index (χ0) is 11.5. The molecule has 0 unspecified atom stereocenters. The Bertz CT molecular complexity index is 381. The van der Waals surface area contributed by atoms with Crippen LogP contribution in [0.1, 0.15) is 31.9 Å². The van der Waals surface area contributed by atoms with Crippen LogP contribution in [0, 0.1) is 23.7 Å². The highest BCUT2D eigenvalue weighted by Gasteiger charge is 2.11. The summed E-state index contributed by atoms with van der Waals surface area (Å²) < 4.78 is 0. The predicted octanol–water partition coefficient (Wildman–Crippen LogP) is 3.32. The Morgan fingerprint density at radius 2 is 2.00 bits per heavy atom. The van der Waals surface area contributed by atoms with Crippen LogP contribution in [0.3, 0.4) is 0 Å². The van der Waals surface area contributed by atoms with E-state index in [1.54, 1.807) is 0 Å². The number of rotatable bonds is 2. The van der Waals surface area contributed by atoms with Crippen LogP contribution in [0.15, 0.2) is 18.2 Å². The average Bonchev–Trinajstić information content (AvgIpc) is 2.14. The fraction of sp³-hybridized carbons (Fsp3) is 0.462. The quantitative estimate of drug-likeness (QED) is 0.798. The van der Waals surface area contributed by atoms with Gasteiger partial charge < -0.3 is 5.32 Å². The van der Waals surface area contributed by atoms with E-state index < -0.39 is 0 Å². The largest absolute Gasteiger partial charge is 0.383 e. The molecule has 0 spiro atoms. The van der Waals surface area contributed by atoms with Gasteiger partial charge in [0.2, 0.25) is 0 Å². The summed E-state index contributed by atoms with van der Waals surface area (Å²) >= 11 is 0. The molecule has 0 aliphatic carbocycles. The van der Waals surface area contributed by atoms with Crippen LogP contribution in [0.25, 0.3) is 0 Å². The Labute approximate surface area is 91.9 Å². The lowest BCUT2D eigenvalue weighted by atomic mass is 9.96. The molecule has 2 heteroatoms. The Kier molecular flexibility index (Phi) is 3.36. The van der Waals surface area contributed by atoms with Crippen molar-refractivity contribution in [3.8, 4) is 6.07 Å². The first-order valence-electron chi connectivity index (χ1n) is 5.17. The fourth-order valence-corrected chi connectivity index (χ4v) is 1.35. The van der Waals surface area contributed by atoms with Gasteiger partial charge >= 0.3 is 0 Å². The van der Waals surface area contributed by atoms with Crippen LogP contribution in [-0.4, -0.2) is 6.54 Å². The van der Waals surface area contributed by atoms with Crippen molar-refractivity contribution in [3.05, 3.63) is 29.3 Å². The first kappa shape index (κ1) is 11.6. The molecule has 1 aromatic rings. The van der Waals surface area contributed by atoms with Gasteiger partial charge in [-0.1, -0.05) is 32.9 Å². The molecule has 1 rings (SSSR count). The van der Waals surface area contributed by atoms with E-state index in [0.29, 0.717) is 0 Å². The lowest BCUT2D eigenvalue weighted by Crippen LogP contribution is -2.20. The molecule has 0 bridgehead atoms. The van der Waals surface area contributed by atoms with Crippen molar-refractivity contribution in [1.82, 2.24) is 0 Å². The van der Waals surface area contributed by atoms with Gasteiger partial charge in [-0.3, -0.25) is 0 Å². The highest BCUT2D eigenvalue weighted by Crippen LogP contribution is 2.22. The number of hydrogen-bond acceptors (Lipinski definition) is 2. The summed E-state index contributed by atoms with van der Waals surface area (Å²) in [7, 11) is 0. The lowest BCUT2D eigenvalue weighted by molar-refractivity contribution is 0.443. The number of benzene rings is 1. The highest BCUT2D eigenvalue weighted by atomic mass is 14.9. The monoisotopic (exact) mass is 202 g/mol. The van der Waals surface area contributed by atoms with Crippen molar-refractivity contribution >= 4 is 5.69 Å². The van der Waals surface area contributed by atoms with Crippen molar-refractivity contribution in [2.75, 3.05) is 11.9 Å². The topological polar surface area (TPSA) is 35.8 Å². The molecule has 1 N–H and O–H groups in total. The summed E-state index contributed by atoms with van der Waals surface area (Å²) in [4.78, 5) is 0. The van der Waals surface area contributed by atoms with Crippen molar-refractivity contribution in [2.45, 2.75) is 27.7 Å². The van der Waals surface area contributed by atoms with E-state index in [2.05, 4.69) is 32.2 Å². The third-order valence-corrected chi connectivity index (χ3v) is 2.19. The molecule has 0 atom stereocenters. The van der Waals surface area contributed by atoms with Crippen molar-refractivity contribution in [3.63, 3.8) is 0 Å². The molecule has 0 saturated heterocycles. The number of aryl methyl sites for hydroxylation is 1. The van der Waals surface area contributed by atoms with Gasteiger partial charge in [0.05, 0.1) is 11.3 Å². The third-order valence-electron chi connectivity index (χ3n) is 2.19. The average molecular weight is 202 g/mol. The van der Waals surface area contributed by atoms with Crippen LogP contribution in [0.2, 0.25) is 0 Å². The second kappa shape index (κ2) is 4.35. The smallest absolute Gasteiger partial charge is 0.101 e. The molecule has 1 aromatic carbocycles. The molecule has 0 aromatic heterocycles. The SMILES string of the molecule is Cc1cccc(C#N)c1NCC(C)(C)C. The Balaban J connectivity index is 2.90. The maximum absolute atomic E-state index is 8.98. The summed E-state index contributed by atoms with van der Waals surface area (Å²) in [6, 6.07) is 7.99. The van der Waals surface area contributed by atoms with Gasteiger partial charge in [-0.15, -0.1) is 0 Å². The van der Waals surface area contributed by atoms with Crippen molar-refractivity contribution in [2.24, 2.45) is 5.41 Å². The molecule has 2 nitrogen and oxygen atoms in total. The maximum atomic E-state index is 8.98. The number of anilines is 1. The lowest BCUT2D eigenvalue weighted by Gasteiger charge is -2.21. The van der Waals surface area contributed by atoms with Gasteiger partial charge in [0.1, 0.15) is 6.07 Å². The zero-order valence-corrected chi connectivity index (χ0v) is 9.89. The molecule has 0 heterocycles. The summed E-state index contributed by atoms with van der Waals surface area (Å²) in [6.07, 6.45) is 0. The first-order chi connectivity index (χ1) is 6.94. The second-order valence-corrected chi connectivity index (χ2v) is 5.02. The minimum atomic E-state index is 0.217. The Morgan fingerprint density at radius 1 is 1.33 bits per heavy atom. The molecule has 0 saturated carbocycles. The van der Waals surface area contributed by atoms with Crippen LogP contribution in [-0.2, 0) is 0 Å². The Morgan fingerprint density at radius 3 is 2.53 bits per heavy atom. The molecule has 0 fully saturated rings. The summed E-state index contributed by atoms with van der Waals surface area (Å²) in [6.45, 7) is 9.40. The first-order valence-corrected chi connectivity index (χ1v) is 5.17. The van der Waals surface area contributed by atoms with Gasteiger partial charge in [0.15, 0.2) is 0 Å².